The van der Waals surface area contributed by atoms with Gasteiger partial charge in [0.25, 0.3) is 5.92 Å². The van der Waals surface area contributed by atoms with Crippen molar-refractivity contribution in [2.24, 2.45) is 5.92 Å². The highest BCUT2D eigenvalue weighted by molar-refractivity contribution is 5.76. The van der Waals surface area contributed by atoms with Crippen LogP contribution in [-0.4, -0.2) is 65.8 Å². The summed E-state index contributed by atoms with van der Waals surface area (Å²) < 4.78 is 55.9. The molecule has 1 unspecified atom stereocenters. The van der Waals surface area contributed by atoms with E-state index in [1.165, 1.54) is 22.6 Å². The van der Waals surface area contributed by atoms with Gasteiger partial charge in [-0.05, 0) is 68.3 Å². The second-order valence-corrected chi connectivity index (χ2v) is 10.8. The summed E-state index contributed by atoms with van der Waals surface area (Å²) in [5, 5.41) is 13.4. The number of carbonyl (C=O) groups is 1. The molecule has 2 atom stereocenters. The molecular weight excluding hydrogens is 511 g/mol. The van der Waals surface area contributed by atoms with Gasteiger partial charge in [-0.1, -0.05) is 18.2 Å². The van der Waals surface area contributed by atoms with Gasteiger partial charge in [-0.15, -0.1) is 0 Å². The lowest BCUT2D eigenvalue weighted by Crippen LogP contribution is -2.37. The number of rotatable bonds is 12. The number of ether oxygens (including phenoxy) is 2. The van der Waals surface area contributed by atoms with E-state index in [0.717, 1.165) is 30.9 Å². The second-order valence-electron chi connectivity index (χ2n) is 10.8. The number of likely N-dealkylation sites (tertiary alicyclic amines) is 1. The Morgan fingerprint density at radius 1 is 1.26 bits per heavy atom. The minimum Gasteiger partial charge on any atom is -0.480 e. The van der Waals surface area contributed by atoms with Crippen LogP contribution in [-0.2, 0) is 33.7 Å². The number of alkyl halides is 2. The van der Waals surface area contributed by atoms with Crippen LogP contribution in [0.4, 0.5) is 19.0 Å². The number of unbranched alkanes of at least 4 members (excludes halogenated alkanes) is 1. The van der Waals surface area contributed by atoms with Crippen LogP contribution in [0.5, 0.6) is 0 Å². The number of halogens is 3. The van der Waals surface area contributed by atoms with Gasteiger partial charge in [0.2, 0.25) is 0 Å². The summed E-state index contributed by atoms with van der Waals surface area (Å²) in [5.74, 6) is -4.71. The number of hydrogen-bond acceptors (Lipinski definition) is 6. The van der Waals surface area contributed by atoms with Gasteiger partial charge >= 0.3 is 5.97 Å². The molecule has 5 rings (SSSR count). The van der Waals surface area contributed by atoms with Crippen molar-refractivity contribution in [3.63, 3.8) is 0 Å². The fraction of sp³-hybridized carbons (Fsp3) is 0.586. The molecule has 0 spiro atoms. The molecular formula is C29H36F3N3O4. The molecule has 7 nitrogen and oxygen atoms in total. The highest BCUT2D eigenvalue weighted by Gasteiger charge is 2.45. The molecule has 2 aromatic rings. The molecule has 2 fully saturated rings. The lowest BCUT2D eigenvalue weighted by Gasteiger charge is -2.30. The number of carboxylic acids is 1. The maximum absolute atomic E-state index is 15.2. The number of benzene rings is 1. The molecule has 0 aliphatic carbocycles. The molecule has 39 heavy (non-hydrogen) atoms. The van der Waals surface area contributed by atoms with Crippen LogP contribution in [0.15, 0.2) is 30.3 Å². The normalized spacial score (nSPS) is 20.7. The minimum atomic E-state index is -2.92. The number of nitrogens with zero attached hydrogens (tertiary/aromatic N) is 2. The lowest BCUT2D eigenvalue weighted by atomic mass is 9.94. The number of fused-ring (bicyclic) bond motifs is 1. The quantitative estimate of drug-likeness (QED) is 0.362. The molecule has 2 N–H and O–H groups in total. The summed E-state index contributed by atoms with van der Waals surface area (Å²) in [4.78, 5) is 18.5. The van der Waals surface area contributed by atoms with Gasteiger partial charge in [0.15, 0.2) is 0 Å². The first kappa shape index (κ1) is 27.9. The Hall–Kier alpha value is -2.69. The van der Waals surface area contributed by atoms with Crippen LogP contribution in [0.3, 0.4) is 0 Å². The highest BCUT2D eigenvalue weighted by atomic mass is 19.3. The predicted molar refractivity (Wildman–Crippen MR) is 139 cm³/mol. The smallest absolute Gasteiger partial charge is 0.325 e. The van der Waals surface area contributed by atoms with Gasteiger partial charge < -0.3 is 19.9 Å². The molecule has 0 amide bonds. The van der Waals surface area contributed by atoms with Crippen LogP contribution in [0.1, 0.15) is 60.5 Å². The fourth-order valence-electron chi connectivity index (χ4n) is 5.73. The van der Waals surface area contributed by atoms with E-state index in [2.05, 4.69) is 16.4 Å². The number of aromatic nitrogens is 1. The summed E-state index contributed by atoms with van der Waals surface area (Å²) in [5.41, 5.74) is 2.51. The average molecular weight is 548 g/mol. The lowest BCUT2D eigenvalue weighted by molar-refractivity contribution is -0.144. The molecule has 2 saturated heterocycles. The van der Waals surface area contributed by atoms with Crippen molar-refractivity contribution in [1.82, 2.24) is 9.88 Å². The van der Waals surface area contributed by atoms with E-state index in [9.17, 15) is 14.3 Å². The zero-order chi connectivity index (χ0) is 27.4. The summed E-state index contributed by atoms with van der Waals surface area (Å²) in [6, 6.07) is 7.09. The molecule has 3 aliphatic heterocycles. The summed E-state index contributed by atoms with van der Waals surface area (Å²) in [6.45, 7) is 1.78. The molecule has 1 aromatic heterocycles. The number of carboxylic acid groups (broad SMARTS) is 1. The predicted octanol–water partition coefficient (Wildman–Crippen LogP) is 4.99. The monoisotopic (exact) mass is 547 g/mol. The standard InChI is InChI=1S/C29H36F3N3O4/c30-25-8-3-7-23(24(25)18-39-22-16-38-17-22)26(28(36)37)35-14-11-20(15-35)29(31,32)12-2-1-6-21-10-9-19-5-4-13-33-27(19)34-21/h3,7-10,20,22,26H,1-2,4-6,11-18H2,(H,33,34)(H,36,37)/t20-,26?/m1/s1. The second kappa shape index (κ2) is 12.2. The molecule has 4 heterocycles. The third-order valence-electron chi connectivity index (χ3n) is 8.08. The van der Waals surface area contributed by atoms with Gasteiger partial charge in [-0.25, -0.2) is 18.2 Å². The van der Waals surface area contributed by atoms with E-state index >= 15 is 8.78 Å². The Labute approximate surface area is 226 Å². The summed E-state index contributed by atoms with van der Waals surface area (Å²) in [7, 11) is 0. The Morgan fingerprint density at radius 2 is 2.10 bits per heavy atom. The number of aryl methyl sites for hydroxylation is 2. The molecule has 0 bridgehead atoms. The third kappa shape index (κ3) is 6.56. The van der Waals surface area contributed by atoms with E-state index in [1.54, 1.807) is 6.07 Å². The van der Waals surface area contributed by atoms with Crippen molar-refractivity contribution in [3.05, 3.63) is 58.5 Å². The van der Waals surface area contributed by atoms with Crippen LogP contribution in [0.2, 0.25) is 0 Å². The number of pyridine rings is 1. The van der Waals surface area contributed by atoms with Gasteiger partial charge in [-0.3, -0.25) is 9.69 Å². The Balaban J connectivity index is 1.17. The topological polar surface area (TPSA) is 83.9 Å². The van der Waals surface area contributed by atoms with Crippen molar-refractivity contribution < 1.29 is 32.5 Å². The Kier molecular flexibility index (Phi) is 8.73. The largest absolute Gasteiger partial charge is 0.480 e. The fourth-order valence-corrected chi connectivity index (χ4v) is 5.73. The molecule has 1 aromatic carbocycles. The molecule has 0 saturated carbocycles. The van der Waals surface area contributed by atoms with E-state index in [1.807, 2.05) is 6.07 Å². The van der Waals surface area contributed by atoms with Crippen LogP contribution < -0.4 is 5.32 Å². The molecule has 3 aliphatic rings. The number of anilines is 1. The van der Waals surface area contributed by atoms with Crippen molar-refractivity contribution in [2.75, 3.05) is 38.2 Å². The van der Waals surface area contributed by atoms with E-state index in [-0.39, 0.29) is 49.8 Å². The average Bonchev–Trinajstić information content (AvgIpc) is 3.38. The van der Waals surface area contributed by atoms with Crippen molar-refractivity contribution >= 4 is 11.8 Å². The number of nitrogens with one attached hydrogen (secondary N) is 1. The van der Waals surface area contributed by atoms with Crippen LogP contribution in [0.25, 0.3) is 0 Å². The van der Waals surface area contributed by atoms with Crippen LogP contribution in [0, 0.1) is 11.7 Å². The van der Waals surface area contributed by atoms with Crippen molar-refractivity contribution in [1.29, 1.82) is 0 Å². The highest BCUT2D eigenvalue weighted by Crippen LogP contribution is 2.40. The molecule has 212 valence electrons. The summed E-state index contributed by atoms with van der Waals surface area (Å²) >= 11 is 0. The number of aliphatic carboxylic acids is 1. The summed E-state index contributed by atoms with van der Waals surface area (Å²) in [6.07, 6.45) is 3.47. The molecule has 0 radical (unpaired) electrons. The van der Waals surface area contributed by atoms with E-state index < -0.39 is 29.7 Å². The maximum Gasteiger partial charge on any atom is 0.325 e. The Bertz CT molecular complexity index is 1160. The van der Waals surface area contributed by atoms with Gasteiger partial charge in [0, 0.05) is 36.7 Å². The molecule has 10 heteroatoms. The minimum absolute atomic E-state index is 0.0602. The first-order chi connectivity index (χ1) is 18.8. The van der Waals surface area contributed by atoms with Gasteiger partial charge in [0.05, 0.1) is 19.8 Å². The first-order valence-corrected chi connectivity index (χ1v) is 13.9. The first-order valence-electron chi connectivity index (χ1n) is 13.9. The number of hydrogen-bond donors (Lipinski definition) is 2. The maximum atomic E-state index is 15.2. The SMILES string of the molecule is O=C(O)C(c1cccc(F)c1COC1COC1)N1CC[C@@H](C(F)(F)CCCCc2ccc3c(n2)NCCC3)C1. The van der Waals surface area contributed by atoms with Crippen molar-refractivity contribution in [2.45, 2.75) is 69.6 Å². The van der Waals surface area contributed by atoms with Crippen LogP contribution >= 0.6 is 0 Å². The van der Waals surface area contributed by atoms with Gasteiger partial charge in [-0.2, -0.15) is 0 Å². The van der Waals surface area contributed by atoms with E-state index in [4.69, 9.17) is 9.47 Å². The Morgan fingerprint density at radius 3 is 2.87 bits per heavy atom. The van der Waals surface area contributed by atoms with Crippen molar-refractivity contribution in [3.8, 4) is 0 Å². The van der Waals surface area contributed by atoms with E-state index in [0.29, 0.717) is 32.5 Å². The third-order valence-corrected chi connectivity index (χ3v) is 8.08. The zero-order valence-electron chi connectivity index (χ0n) is 22.0. The zero-order valence-corrected chi connectivity index (χ0v) is 22.0. The van der Waals surface area contributed by atoms with Gasteiger partial charge in [0.1, 0.15) is 23.8 Å².